The molecule has 2 aromatic carbocycles. The standard InChI is InChI=1S/C23H22N2O5/c1-14-10-17-5-8-29-22(17)20(11-14)30-19-13-16(3)15(2)12-18(19)28-9-7-25-6-4-21(26)24-23(25)27/h4-6,8,10-13H,7,9H2,1-3H3,(H,24,26,27). The quantitative estimate of drug-likeness (QED) is 0.521. The minimum atomic E-state index is -0.470. The largest absolute Gasteiger partial charge is 0.488 e. The van der Waals surface area contributed by atoms with E-state index in [1.807, 2.05) is 51.1 Å². The predicted molar refractivity (Wildman–Crippen MR) is 114 cm³/mol. The fourth-order valence-corrected chi connectivity index (χ4v) is 3.22. The van der Waals surface area contributed by atoms with E-state index in [2.05, 4.69) is 4.98 Å². The van der Waals surface area contributed by atoms with Crippen LogP contribution in [-0.2, 0) is 6.54 Å². The van der Waals surface area contributed by atoms with E-state index in [9.17, 15) is 9.59 Å². The van der Waals surface area contributed by atoms with Crippen LogP contribution in [0, 0.1) is 20.8 Å². The van der Waals surface area contributed by atoms with Crippen LogP contribution in [0.15, 0.2) is 62.9 Å². The summed E-state index contributed by atoms with van der Waals surface area (Å²) in [5.74, 6) is 1.74. The van der Waals surface area contributed by atoms with Crippen molar-refractivity contribution < 1.29 is 13.9 Å². The van der Waals surface area contributed by atoms with Gasteiger partial charge in [-0.2, -0.15) is 0 Å². The zero-order valence-electron chi connectivity index (χ0n) is 17.0. The van der Waals surface area contributed by atoms with Crippen molar-refractivity contribution in [1.82, 2.24) is 9.55 Å². The second-order valence-electron chi connectivity index (χ2n) is 7.24. The number of nitrogens with zero attached hydrogens (tertiary/aromatic N) is 1. The lowest BCUT2D eigenvalue weighted by Gasteiger charge is -2.16. The molecule has 1 N–H and O–H groups in total. The molecule has 154 valence electrons. The molecule has 7 heteroatoms. The summed E-state index contributed by atoms with van der Waals surface area (Å²) in [4.78, 5) is 25.3. The molecule has 2 aromatic heterocycles. The Morgan fingerprint density at radius 3 is 2.50 bits per heavy atom. The van der Waals surface area contributed by atoms with Crippen LogP contribution < -0.4 is 20.7 Å². The zero-order valence-corrected chi connectivity index (χ0v) is 17.0. The van der Waals surface area contributed by atoms with Gasteiger partial charge in [-0.15, -0.1) is 0 Å². The first-order chi connectivity index (χ1) is 14.4. The Balaban J connectivity index is 1.60. The van der Waals surface area contributed by atoms with E-state index in [1.165, 1.54) is 16.8 Å². The first-order valence-corrected chi connectivity index (χ1v) is 9.60. The van der Waals surface area contributed by atoms with Gasteiger partial charge in [-0.25, -0.2) is 4.79 Å². The SMILES string of the molecule is Cc1cc(Oc2cc(C)c(C)cc2OCCn2ccc(=O)[nH]c2=O)c2occc2c1. The molecule has 0 amide bonds. The number of aromatic amines is 1. The summed E-state index contributed by atoms with van der Waals surface area (Å²) in [7, 11) is 0. The molecule has 0 aliphatic heterocycles. The molecule has 0 spiro atoms. The topological polar surface area (TPSA) is 86.5 Å². The maximum Gasteiger partial charge on any atom is 0.328 e. The van der Waals surface area contributed by atoms with Gasteiger partial charge < -0.3 is 13.9 Å². The predicted octanol–water partition coefficient (Wildman–Crippen LogP) is 4.08. The summed E-state index contributed by atoms with van der Waals surface area (Å²) in [6, 6.07) is 11.0. The van der Waals surface area contributed by atoms with E-state index in [0.29, 0.717) is 22.8 Å². The third-order valence-electron chi connectivity index (χ3n) is 4.93. The van der Waals surface area contributed by atoms with E-state index >= 15 is 0 Å². The number of benzene rings is 2. The third-order valence-corrected chi connectivity index (χ3v) is 4.93. The second-order valence-corrected chi connectivity index (χ2v) is 7.24. The maximum atomic E-state index is 11.8. The van der Waals surface area contributed by atoms with Gasteiger partial charge in [0.05, 0.1) is 12.8 Å². The molecule has 0 saturated carbocycles. The normalized spacial score (nSPS) is 11.0. The highest BCUT2D eigenvalue weighted by Gasteiger charge is 2.14. The molecule has 0 bridgehead atoms. The molecule has 4 rings (SSSR count). The number of ether oxygens (including phenoxy) is 2. The number of aryl methyl sites for hydroxylation is 3. The average Bonchev–Trinajstić information content (AvgIpc) is 3.15. The molecule has 0 radical (unpaired) electrons. The van der Waals surface area contributed by atoms with E-state index in [1.54, 1.807) is 6.26 Å². The van der Waals surface area contributed by atoms with Crippen LogP contribution in [-0.4, -0.2) is 16.2 Å². The van der Waals surface area contributed by atoms with Crippen molar-refractivity contribution in [3.8, 4) is 17.2 Å². The molecular formula is C23H22N2O5. The number of rotatable bonds is 6. The molecule has 30 heavy (non-hydrogen) atoms. The van der Waals surface area contributed by atoms with E-state index < -0.39 is 11.2 Å². The number of H-pyrrole nitrogens is 1. The van der Waals surface area contributed by atoms with Crippen molar-refractivity contribution in [2.45, 2.75) is 27.3 Å². The molecular weight excluding hydrogens is 384 g/mol. The molecule has 7 nitrogen and oxygen atoms in total. The Labute approximate surface area is 172 Å². The summed E-state index contributed by atoms with van der Waals surface area (Å²) >= 11 is 0. The molecule has 0 atom stereocenters. The van der Waals surface area contributed by atoms with Gasteiger partial charge >= 0.3 is 5.69 Å². The van der Waals surface area contributed by atoms with Crippen LogP contribution in [0.3, 0.4) is 0 Å². The van der Waals surface area contributed by atoms with Gasteiger partial charge in [-0.3, -0.25) is 14.3 Å². The molecule has 4 aromatic rings. The van der Waals surface area contributed by atoms with Crippen LogP contribution in [0.4, 0.5) is 0 Å². The van der Waals surface area contributed by atoms with E-state index in [0.717, 1.165) is 22.1 Å². The molecule has 0 aliphatic rings. The lowest BCUT2D eigenvalue weighted by Crippen LogP contribution is -2.30. The van der Waals surface area contributed by atoms with Gasteiger partial charge in [0.15, 0.2) is 22.8 Å². The number of fused-ring (bicyclic) bond motifs is 1. The van der Waals surface area contributed by atoms with Crippen LogP contribution >= 0.6 is 0 Å². The van der Waals surface area contributed by atoms with E-state index in [-0.39, 0.29) is 13.2 Å². The van der Waals surface area contributed by atoms with Crippen molar-refractivity contribution in [2.75, 3.05) is 6.61 Å². The molecule has 0 unspecified atom stereocenters. The smallest absolute Gasteiger partial charge is 0.328 e. The molecule has 2 heterocycles. The minimum Gasteiger partial charge on any atom is -0.488 e. The lowest BCUT2D eigenvalue weighted by molar-refractivity contribution is 0.282. The first kappa shape index (κ1) is 19.6. The highest BCUT2D eigenvalue weighted by molar-refractivity contribution is 5.84. The van der Waals surface area contributed by atoms with Gasteiger partial charge in [-0.1, -0.05) is 0 Å². The van der Waals surface area contributed by atoms with Gasteiger partial charge in [0, 0.05) is 17.6 Å². The monoisotopic (exact) mass is 406 g/mol. The summed E-state index contributed by atoms with van der Waals surface area (Å²) in [6.45, 7) is 6.52. The summed E-state index contributed by atoms with van der Waals surface area (Å²) < 4.78 is 19.1. The highest BCUT2D eigenvalue weighted by atomic mass is 16.5. The molecule has 0 fully saturated rings. The van der Waals surface area contributed by atoms with Gasteiger partial charge in [0.1, 0.15) is 6.61 Å². The lowest BCUT2D eigenvalue weighted by atomic mass is 10.1. The van der Waals surface area contributed by atoms with Crippen LogP contribution in [0.5, 0.6) is 17.2 Å². The van der Waals surface area contributed by atoms with Crippen molar-refractivity contribution in [3.63, 3.8) is 0 Å². The molecule has 0 saturated heterocycles. The van der Waals surface area contributed by atoms with Crippen molar-refractivity contribution in [1.29, 1.82) is 0 Å². The summed E-state index contributed by atoms with van der Waals surface area (Å²) in [5, 5.41) is 0.966. The first-order valence-electron chi connectivity index (χ1n) is 9.60. The van der Waals surface area contributed by atoms with Crippen molar-refractivity contribution in [3.05, 3.63) is 86.4 Å². The fourth-order valence-electron chi connectivity index (χ4n) is 3.22. The van der Waals surface area contributed by atoms with Crippen molar-refractivity contribution in [2.24, 2.45) is 0 Å². The number of furan rings is 1. The fraction of sp³-hybridized carbons (Fsp3) is 0.217. The number of hydrogen-bond donors (Lipinski definition) is 1. The number of hydrogen-bond acceptors (Lipinski definition) is 5. The van der Waals surface area contributed by atoms with E-state index in [4.69, 9.17) is 13.9 Å². The highest BCUT2D eigenvalue weighted by Crippen LogP contribution is 2.38. The van der Waals surface area contributed by atoms with Gasteiger partial charge in [0.25, 0.3) is 5.56 Å². The summed E-state index contributed by atoms with van der Waals surface area (Å²) in [6.07, 6.45) is 3.08. The van der Waals surface area contributed by atoms with Crippen LogP contribution in [0.2, 0.25) is 0 Å². The zero-order chi connectivity index (χ0) is 21.3. The summed E-state index contributed by atoms with van der Waals surface area (Å²) in [5.41, 5.74) is 2.96. The van der Waals surface area contributed by atoms with Crippen molar-refractivity contribution >= 4 is 11.0 Å². The minimum absolute atomic E-state index is 0.231. The Morgan fingerprint density at radius 2 is 1.73 bits per heavy atom. The maximum absolute atomic E-state index is 11.8. The van der Waals surface area contributed by atoms with Gasteiger partial charge in [0.2, 0.25) is 0 Å². The Morgan fingerprint density at radius 1 is 0.967 bits per heavy atom. The average molecular weight is 406 g/mol. The second kappa shape index (κ2) is 7.94. The van der Waals surface area contributed by atoms with Crippen LogP contribution in [0.25, 0.3) is 11.0 Å². The molecule has 0 aliphatic carbocycles. The number of nitrogens with one attached hydrogen (secondary N) is 1. The van der Waals surface area contributed by atoms with Gasteiger partial charge in [-0.05, 0) is 67.8 Å². The Hall–Kier alpha value is -3.74. The number of aromatic nitrogens is 2. The third kappa shape index (κ3) is 4.00. The Bertz CT molecular complexity index is 1330. The Kier molecular flexibility index (Phi) is 5.18. The van der Waals surface area contributed by atoms with Crippen LogP contribution in [0.1, 0.15) is 16.7 Å².